The van der Waals surface area contributed by atoms with Crippen molar-refractivity contribution in [3.8, 4) is 0 Å². The molecule has 1 unspecified atom stereocenters. The molecule has 82 valence electrons. The highest BCUT2D eigenvalue weighted by Crippen LogP contribution is 2.09. The maximum absolute atomic E-state index is 10.9. The number of carbonyl (C=O) groups excluding carboxylic acids is 1. The summed E-state index contributed by atoms with van der Waals surface area (Å²) in [5, 5.41) is 3.21. The number of pyridine rings is 1. The van der Waals surface area contributed by atoms with Crippen molar-refractivity contribution in [3.05, 3.63) is 24.0 Å². The Morgan fingerprint density at radius 1 is 1.67 bits per heavy atom. The summed E-state index contributed by atoms with van der Waals surface area (Å²) in [6.45, 7) is 2.65. The molecule has 0 saturated carbocycles. The first-order valence-corrected chi connectivity index (χ1v) is 4.86. The van der Waals surface area contributed by atoms with Crippen molar-refractivity contribution in [1.29, 1.82) is 0 Å². The van der Waals surface area contributed by atoms with Crippen LogP contribution in [0.25, 0.3) is 0 Å². The highest BCUT2D eigenvalue weighted by Gasteiger charge is 2.04. The molecule has 1 aromatic rings. The van der Waals surface area contributed by atoms with Gasteiger partial charge in [0, 0.05) is 17.9 Å². The van der Waals surface area contributed by atoms with Crippen LogP contribution in [0.4, 0.5) is 5.69 Å². The van der Waals surface area contributed by atoms with Gasteiger partial charge in [-0.1, -0.05) is 0 Å². The number of nitrogens with two attached hydrogens (primary N) is 2. The SMILES string of the molecule is CC(CCN)Nc1ccnc(C(N)=O)c1. The zero-order valence-electron chi connectivity index (χ0n) is 8.73. The molecule has 1 rings (SSSR count). The summed E-state index contributed by atoms with van der Waals surface area (Å²) >= 11 is 0. The minimum atomic E-state index is -0.523. The van der Waals surface area contributed by atoms with E-state index in [2.05, 4.69) is 10.3 Å². The molecule has 1 atom stereocenters. The Balaban J connectivity index is 2.69. The van der Waals surface area contributed by atoms with Crippen LogP contribution in [0.3, 0.4) is 0 Å². The fraction of sp³-hybridized carbons (Fsp3) is 0.400. The Morgan fingerprint density at radius 2 is 2.40 bits per heavy atom. The molecular weight excluding hydrogens is 192 g/mol. The first-order valence-electron chi connectivity index (χ1n) is 4.86. The van der Waals surface area contributed by atoms with Crippen LogP contribution < -0.4 is 16.8 Å². The zero-order chi connectivity index (χ0) is 11.3. The standard InChI is InChI=1S/C10H16N4O/c1-7(2-4-11)14-8-3-5-13-9(6-8)10(12)15/h3,5-7H,2,4,11H2,1H3,(H2,12,15)(H,13,14). The minimum Gasteiger partial charge on any atom is -0.382 e. The predicted molar refractivity (Wildman–Crippen MR) is 59.5 cm³/mol. The molecule has 0 aliphatic rings. The fourth-order valence-corrected chi connectivity index (χ4v) is 1.26. The van der Waals surface area contributed by atoms with Crippen LogP contribution in [0.2, 0.25) is 0 Å². The third-order valence-electron chi connectivity index (χ3n) is 2.03. The van der Waals surface area contributed by atoms with E-state index in [9.17, 15) is 4.79 Å². The summed E-state index contributed by atoms with van der Waals surface area (Å²) in [5.41, 5.74) is 11.7. The van der Waals surface area contributed by atoms with Gasteiger partial charge in [0.1, 0.15) is 5.69 Å². The van der Waals surface area contributed by atoms with Crippen LogP contribution in [-0.4, -0.2) is 23.5 Å². The Kier molecular flexibility index (Phi) is 4.05. The predicted octanol–water partition coefficient (Wildman–Crippen LogP) is 0.330. The number of amides is 1. The van der Waals surface area contributed by atoms with E-state index < -0.39 is 5.91 Å². The summed E-state index contributed by atoms with van der Waals surface area (Å²) in [4.78, 5) is 14.7. The average Bonchev–Trinajstić information content (AvgIpc) is 2.18. The maximum atomic E-state index is 10.9. The number of hydrogen-bond donors (Lipinski definition) is 3. The first kappa shape index (κ1) is 11.5. The van der Waals surface area contributed by atoms with Gasteiger partial charge in [-0.3, -0.25) is 9.78 Å². The lowest BCUT2D eigenvalue weighted by Gasteiger charge is -2.14. The average molecular weight is 208 g/mol. The molecule has 5 heteroatoms. The third kappa shape index (κ3) is 3.55. The van der Waals surface area contributed by atoms with Gasteiger partial charge in [-0.05, 0) is 32.0 Å². The van der Waals surface area contributed by atoms with Crippen molar-refractivity contribution in [3.63, 3.8) is 0 Å². The molecule has 0 aromatic carbocycles. The van der Waals surface area contributed by atoms with E-state index in [0.29, 0.717) is 6.54 Å². The Morgan fingerprint density at radius 3 is 3.00 bits per heavy atom. The molecule has 0 fully saturated rings. The number of carbonyl (C=O) groups is 1. The van der Waals surface area contributed by atoms with Crippen LogP contribution in [0.1, 0.15) is 23.8 Å². The molecular formula is C10H16N4O. The first-order chi connectivity index (χ1) is 7.13. The van der Waals surface area contributed by atoms with Gasteiger partial charge in [0.2, 0.25) is 0 Å². The summed E-state index contributed by atoms with van der Waals surface area (Å²) in [6.07, 6.45) is 2.42. The maximum Gasteiger partial charge on any atom is 0.267 e. The second-order valence-corrected chi connectivity index (χ2v) is 3.42. The molecule has 1 heterocycles. The second kappa shape index (κ2) is 5.31. The van der Waals surface area contributed by atoms with Crippen LogP contribution in [0, 0.1) is 0 Å². The van der Waals surface area contributed by atoms with Gasteiger partial charge < -0.3 is 16.8 Å². The highest BCUT2D eigenvalue weighted by molar-refractivity contribution is 5.91. The number of primary amides is 1. The largest absolute Gasteiger partial charge is 0.382 e. The molecule has 0 aliphatic carbocycles. The number of rotatable bonds is 5. The van der Waals surface area contributed by atoms with Crippen molar-refractivity contribution in [2.24, 2.45) is 11.5 Å². The van der Waals surface area contributed by atoms with Crippen molar-refractivity contribution in [2.45, 2.75) is 19.4 Å². The summed E-state index contributed by atoms with van der Waals surface area (Å²) in [5.74, 6) is -0.523. The molecule has 0 spiro atoms. The molecule has 15 heavy (non-hydrogen) atoms. The number of anilines is 1. The third-order valence-corrected chi connectivity index (χ3v) is 2.03. The van der Waals surface area contributed by atoms with E-state index in [1.807, 2.05) is 6.92 Å². The van der Waals surface area contributed by atoms with E-state index in [0.717, 1.165) is 12.1 Å². The lowest BCUT2D eigenvalue weighted by Crippen LogP contribution is -2.20. The van der Waals surface area contributed by atoms with Crippen LogP contribution in [0.15, 0.2) is 18.3 Å². The normalized spacial score (nSPS) is 12.1. The Bertz CT molecular complexity index is 340. The van der Waals surface area contributed by atoms with Crippen molar-refractivity contribution >= 4 is 11.6 Å². The Labute approximate surface area is 88.9 Å². The lowest BCUT2D eigenvalue weighted by molar-refractivity contribution is 0.0995. The van der Waals surface area contributed by atoms with E-state index in [1.165, 1.54) is 0 Å². The summed E-state index contributed by atoms with van der Waals surface area (Å²) in [7, 11) is 0. The van der Waals surface area contributed by atoms with Gasteiger partial charge in [0.05, 0.1) is 0 Å². The van der Waals surface area contributed by atoms with E-state index in [4.69, 9.17) is 11.5 Å². The van der Waals surface area contributed by atoms with Gasteiger partial charge >= 0.3 is 0 Å². The molecule has 0 aliphatic heterocycles. The monoisotopic (exact) mass is 208 g/mol. The van der Waals surface area contributed by atoms with Crippen LogP contribution in [0.5, 0.6) is 0 Å². The van der Waals surface area contributed by atoms with Crippen LogP contribution in [-0.2, 0) is 0 Å². The number of nitrogens with one attached hydrogen (secondary N) is 1. The van der Waals surface area contributed by atoms with E-state index >= 15 is 0 Å². The van der Waals surface area contributed by atoms with Crippen molar-refractivity contribution in [2.75, 3.05) is 11.9 Å². The second-order valence-electron chi connectivity index (χ2n) is 3.42. The lowest BCUT2D eigenvalue weighted by atomic mass is 10.2. The molecule has 0 bridgehead atoms. The highest BCUT2D eigenvalue weighted by atomic mass is 16.1. The molecule has 0 radical (unpaired) electrons. The van der Waals surface area contributed by atoms with Gasteiger partial charge in [-0.15, -0.1) is 0 Å². The quantitative estimate of drug-likeness (QED) is 0.650. The van der Waals surface area contributed by atoms with Crippen molar-refractivity contribution in [1.82, 2.24) is 4.98 Å². The molecule has 1 amide bonds. The minimum absolute atomic E-state index is 0.262. The topological polar surface area (TPSA) is 94.0 Å². The molecule has 0 saturated heterocycles. The zero-order valence-corrected chi connectivity index (χ0v) is 8.73. The van der Waals surface area contributed by atoms with Gasteiger partial charge in [-0.2, -0.15) is 0 Å². The van der Waals surface area contributed by atoms with Gasteiger partial charge in [0.25, 0.3) is 5.91 Å². The fourth-order valence-electron chi connectivity index (χ4n) is 1.26. The van der Waals surface area contributed by atoms with E-state index in [1.54, 1.807) is 18.3 Å². The van der Waals surface area contributed by atoms with Crippen LogP contribution >= 0.6 is 0 Å². The Hall–Kier alpha value is -1.62. The smallest absolute Gasteiger partial charge is 0.267 e. The molecule has 5 nitrogen and oxygen atoms in total. The number of hydrogen-bond acceptors (Lipinski definition) is 4. The van der Waals surface area contributed by atoms with Gasteiger partial charge in [-0.25, -0.2) is 0 Å². The number of nitrogens with zero attached hydrogens (tertiary/aromatic N) is 1. The van der Waals surface area contributed by atoms with E-state index in [-0.39, 0.29) is 11.7 Å². The summed E-state index contributed by atoms with van der Waals surface area (Å²) < 4.78 is 0. The summed E-state index contributed by atoms with van der Waals surface area (Å²) in [6, 6.07) is 3.69. The number of aromatic nitrogens is 1. The molecule has 1 aromatic heterocycles. The molecule has 5 N–H and O–H groups in total. The van der Waals surface area contributed by atoms with Crippen molar-refractivity contribution < 1.29 is 4.79 Å². The van der Waals surface area contributed by atoms with Gasteiger partial charge in [0.15, 0.2) is 0 Å².